The minimum Gasteiger partial charge on any atom is -0.480 e. The average Bonchev–Trinajstić information content (AvgIpc) is 2.14. The van der Waals surface area contributed by atoms with Gasteiger partial charge in [-0.15, -0.1) is 12.4 Å². The van der Waals surface area contributed by atoms with Crippen LogP contribution in [-0.4, -0.2) is 35.6 Å². The van der Waals surface area contributed by atoms with Crippen molar-refractivity contribution < 1.29 is 9.90 Å². The van der Waals surface area contributed by atoms with Gasteiger partial charge >= 0.3 is 5.97 Å². The lowest BCUT2D eigenvalue weighted by molar-refractivity contribution is -0.138. The predicted octanol–water partition coefficient (Wildman–Crippen LogP) is 1.37. The second-order valence-corrected chi connectivity index (χ2v) is 3.08. The molecule has 1 aliphatic heterocycles. The summed E-state index contributed by atoms with van der Waals surface area (Å²) in [6.07, 6.45) is 4.84. The van der Waals surface area contributed by atoms with E-state index in [9.17, 15) is 4.79 Å². The fourth-order valence-corrected chi connectivity index (χ4v) is 1.49. The fraction of sp³-hybridized carbons (Fsp3) is 0.875. The van der Waals surface area contributed by atoms with Crippen LogP contribution < -0.4 is 0 Å². The highest BCUT2D eigenvalue weighted by molar-refractivity contribution is 5.85. The molecule has 0 aromatic carbocycles. The van der Waals surface area contributed by atoms with E-state index < -0.39 is 5.97 Å². The van der Waals surface area contributed by atoms with Gasteiger partial charge in [0.05, 0.1) is 6.54 Å². The first-order valence-corrected chi connectivity index (χ1v) is 4.23. The smallest absolute Gasteiger partial charge is 0.317 e. The minimum atomic E-state index is -0.702. The zero-order valence-corrected chi connectivity index (χ0v) is 7.98. The van der Waals surface area contributed by atoms with Gasteiger partial charge in [0.1, 0.15) is 0 Å². The normalized spacial score (nSPS) is 19.3. The van der Waals surface area contributed by atoms with Gasteiger partial charge in [0.25, 0.3) is 0 Å². The van der Waals surface area contributed by atoms with Crippen molar-refractivity contribution in [2.24, 2.45) is 0 Å². The largest absolute Gasteiger partial charge is 0.480 e. The molecule has 0 aromatic heterocycles. The van der Waals surface area contributed by atoms with Gasteiger partial charge in [0.2, 0.25) is 0 Å². The molecule has 0 saturated carbocycles. The molecule has 3 nitrogen and oxygen atoms in total. The number of rotatable bonds is 2. The van der Waals surface area contributed by atoms with Crippen molar-refractivity contribution >= 4 is 18.4 Å². The van der Waals surface area contributed by atoms with Gasteiger partial charge in [-0.25, -0.2) is 0 Å². The third-order valence-corrected chi connectivity index (χ3v) is 2.06. The van der Waals surface area contributed by atoms with Crippen LogP contribution >= 0.6 is 12.4 Å². The third-order valence-electron chi connectivity index (χ3n) is 2.06. The Labute approximate surface area is 79.2 Å². The van der Waals surface area contributed by atoms with Gasteiger partial charge in [-0.05, 0) is 25.9 Å². The van der Waals surface area contributed by atoms with Crippen LogP contribution in [0, 0.1) is 0 Å². The Hall–Kier alpha value is -0.280. The summed E-state index contributed by atoms with van der Waals surface area (Å²) in [4.78, 5) is 12.4. The molecule has 0 aliphatic carbocycles. The maximum absolute atomic E-state index is 10.3. The highest BCUT2D eigenvalue weighted by Gasteiger charge is 2.10. The van der Waals surface area contributed by atoms with Gasteiger partial charge < -0.3 is 5.11 Å². The van der Waals surface area contributed by atoms with Crippen LogP contribution in [0.15, 0.2) is 0 Å². The molecule has 1 fully saturated rings. The number of hydrogen-bond donors (Lipinski definition) is 1. The Kier molecular flexibility index (Phi) is 6.11. The van der Waals surface area contributed by atoms with Crippen LogP contribution in [-0.2, 0) is 4.79 Å². The molecule has 0 radical (unpaired) electrons. The standard InChI is InChI=1S/C8H15NO2.ClH/c10-8(11)7-9-5-3-1-2-4-6-9;/h1-7H2,(H,10,11);1H. The molecule has 4 heteroatoms. The van der Waals surface area contributed by atoms with Crippen LogP contribution in [0.1, 0.15) is 25.7 Å². The van der Waals surface area contributed by atoms with E-state index >= 15 is 0 Å². The number of nitrogens with zero attached hydrogens (tertiary/aromatic N) is 1. The molecule has 1 saturated heterocycles. The van der Waals surface area contributed by atoms with Crippen LogP contribution in [0.25, 0.3) is 0 Å². The third kappa shape index (κ3) is 4.57. The Morgan fingerprint density at radius 3 is 2.08 bits per heavy atom. The molecule has 1 heterocycles. The maximum Gasteiger partial charge on any atom is 0.317 e. The van der Waals surface area contributed by atoms with Crippen LogP contribution in [0.3, 0.4) is 0 Å². The molecule has 72 valence electrons. The molecule has 0 aromatic rings. The monoisotopic (exact) mass is 193 g/mol. The van der Waals surface area contributed by atoms with Crippen molar-refractivity contribution in [1.29, 1.82) is 0 Å². The van der Waals surface area contributed by atoms with E-state index in [0.717, 1.165) is 25.9 Å². The minimum absolute atomic E-state index is 0. The van der Waals surface area contributed by atoms with Gasteiger partial charge in [-0.1, -0.05) is 12.8 Å². The number of carbonyl (C=O) groups is 1. The molecule has 0 amide bonds. The molecular formula is C8H16ClNO2. The van der Waals surface area contributed by atoms with Gasteiger partial charge in [-0.3, -0.25) is 9.69 Å². The zero-order valence-electron chi connectivity index (χ0n) is 7.16. The molecule has 0 atom stereocenters. The molecule has 0 unspecified atom stereocenters. The summed E-state index contributed by atoms with van der Waals surface area (Å²) in [6.45, 7) is 2.15. The molecule has 12 heavy (non-hydrogen) atoms. The van der Waals surface area contributed by atoms with E-state index in [1.165, 1.54) is 12.8 Å². The Balaban J connectivity index is 0.00000121. The summed E-state index contributed by atoms with van der Waals surface area (Å²) < 4.78 is 0. The Morgan fingerprint density at radius 2 is 1.67 bits per heavy atom. The molecule has 1 rings (SSSR count). The quantitative estimate of drug-likeness (QED) is 0.720. The van der Waals surface area contributed by atoms with Gasteiger partial charge in [0, 0.05) is 0 Å². The average molecular weight is 194 g/mol. The summed E-state index contributed by atoms with van der Waals surface area (Å²) >= 11 is 0. The van der Waals surface area contributed by atoms with Crippen LogP contribution in [0.5, 0.6) is 0 Å². The number of hydrogen-bond acceptors (Lipinski definition) is 2. The lowest BCUT2D eigenvalue weighted by Crippen LogP contribution is -2.30. The van der Waals surface area contributed by atoms with Crippen molar-refractivity contribution in [3.05, 3.63) is 0 Å². The highest BCUT2D eigenvalue weighted by Crippen LogP contribution is 2.08. The van der Waals surface area contributed by atoms with E-state index in [1.54, 1.807) is 0 Å². The lowest BCUT2D eigenvalue weighted by atomic mass is 10.2. The maximum atomic E-state index is 10.3. The number of halogens is 1. The summed E-state index contributed by atoms with van der Waals surface area (Å²) in [5.74, 6) is -0.702. The second-order valence-electron chi connectivity index (χ2n) is 3.08. The van der Waals surface area contributed by atoms with E-state index in [2.05, 4.69) is 0 Å². The predicted molar refractivity (Wildman–Crippen MR) is 49.8 cm³/mol. The summed E-state index contributed by atoms with van der Waals surface area (Å²) in [6, 6.07) is 0. The molecule has 0 spiro atoms. The van der Waals surface area contributed by atoms with Crippen molar-refractivity contribution in [3.63, 3.8) is 0 Å². The van der Waals surface area contributed by atoms with Gasteiger partial charge in [0.15, 0.2) is 0 Å². The SMILES string of the molecule is Cl.O=C(O)CN1CCCCCC1. The second kappa shape index (κ2) is 6.26. The van der Waals surface area contributed by atoms with Crippen LogP contribution in [0.2, 0.25) is 0 Å². The van der Waals surface area contributed by atoms with E-state index in [4.69, 9.17) is 5.11 Å². The van der Waals surface area contributed by atoms with E-state index in [1.807, 2.05) is 4.90 Å². The number of carboxylic acids is 1. The lowest BCUT2D eigenvalue weighted by Gasteiger charge is -2.16. The number of aliphatic carboxylic acids is 1. The number of likely N-dealkylation sites (tertiary alicyclic amines) is 1. The fourth-order valence-electron chi connectivity index (χ4n) is 1.49. The molecule has 0 bridgehead atoms. The van der Waals surface area contributed by atoms with Crippen molar-refractivity contribution in [2.45, 2.75) is 25.7 Å². The summed E-state index contributed by atoms with van der Waals surface area (Å²) in [5, 5.41) is 8.52. The summed E-state index contributed by atoms with van der Waals surface area (Å²) in [5.41, 5.74) is 0. The first-order chi connectivity index (χ1) is 5.29. The van der Waals surface area contributed by atoms with Crippen LogP contribution in [0.4, 0.5) is 0 Å². The molecule has 1 N–H and O–H groups in total. The first-order valence-electron chi connectivity index (χ1n) is 4.23. The zero-order chi connectivity index (χ0) is 8.10. The van der Waals surface area contributed by atoms with Gasteiger partial charge in [-0.2, -0.15) is 0 Å². The summed E-state index contributed by atoms with van der Waals surface area (Å²) in [7, 11) is 0. The molecule has 1 aliphatic rings. The molecular weight excluding hydrogens is 178 g/mol. The number of carboxylic acid groups (broad SMARTS) is 1. The van der Waals surface area contributed by atoms with Crippen molar-refractivity contribution in [1.82, 2.24) is 4.90 Å². The Morgan fingerprint density at radius 1 is 1.17 bits per heavy atom. The first kappa shape index (κ1) is 11.7. The van der Waals surface area contributed by atoms with Crippen molar-refractivity contribution in [3.8, 4) is 0 Å². The van der Waals surface area contributed by atoms with E-state index in [-0.39, 0.29) is 19.0 Å². The highest BCUT2D eigenvalue weighted by atomic mass is 35.5. The Bertz CT molecular complexity index is 133. The topological polar surface area (TPSA) is 40.5 Å². The van der Waals surface area contributed by atoms with E-state index in [0.29, 0.717) is 0 Å². The van der Waals surface area contributed by atoms with Crippen molar-refractivity contribution in [2.75, 3.05) is 19.6 Å².